The van der Waals surface area contributed by atoms with E-state index in [-0.39, 0.29) is 11.7 Å². The van der Waals surface area contributed by atoms with Crippen LogP contribution in [0, 0.1) is 5.92 Å². The highest BCUT2D eigenvalue weighted by molar-refractivity contribution is 5.42. The molecular weight excluding hydrogens is 306 g/mol. The minimum Gasteiger partial charge on any atom is -0.493 e. The van der Waals surface area contributed by atoms with Crippen molar-refractivity contribution in [1.29, 1.82) is 0 Å². The number of hydrogen-bond donors (Lipinski definition) is 2. The standard InChI is InChI=1S/C19H31NO4/c1-5-19(2)11-15(8-9-24-19)16(21)13-20-12-14-6-7-17(22-3)18(10-14)23-4/h6-7,10,15-16,20-21H,5,8-9,11-13H2,1-4H3/p+1/t15-,16-,19+/m1/s1. The number of methoxy groups -OCH3 is 2. The van der Waals surface area contributed by atoms with Gasteiger partial charge in [0.15, 0.2) is 11.5 Å². The molecule has 5 heteroatoms. The maximum Gasteiger partial charge on any atom is 0.161 e. The molecule has 2 rings (SSSR count). The molecule has 0 spiro atoms. The number of nitrogens with two attached hydrogens (primary N) is 1. The van der Waals surface area contributed by atoms with E-state index in [9.17, 15) is 5.11 Å². The van der Waals surface area contributed by atoms with Crippen LogP contribution in [-0.2, 0) is 11.3 Å². The molecule has 1 aliphatic heterocycles. The van der Waals surface area contributed by atoms with Gasteiger partial charge in [0.2, 0.25) is 0 Å². The molecule has 1 fully saturated rings. The van der Waals surface area contributed by atoms with E-state index in [0.717, 1.165) is 49.5 Å². The minimum atomic E-state index is -0.292. The smallest absolute Gasteiger partial charge is 0.161 e. The third-order valence-corrected chi connectivity index (χ3v) is 5.16. The predicted octanol–water partition coefficient (Wildman–Crippen LogP) is 1.72. The highest BCUT2D eigenvalue weighted by Crippen LogP contribution is 2.33. The van der Waals surface area contributed by atoms with Crippen molar-refractivity contribution in [3.63, 3.8) is 0 Å². The fraction of sp³-hybridized carbons (Fsp3) is 0.684. The normalized spacial score (nSPS) is 25.3. The van der Waals surface area contributed by atoms with Crippen molar-refractivity contribution >= 4 is 0 Å². The van der Waals surface area contributed by atoms with Crippen LogP contribution in [0.3, 0.4) is 0 Å². The molecule has 0 aliphatic carbocycles. The molecule has 1 saturated heterocycles. The monoisotopic (exact) mass is 338 g/mol. The SMILES string of the molecule is CC[C@@]1(C)C[C@H]([C@H](O)C[NH2+]Cc2ccc(OC)c(OC)c2)CCO1. The van der Waals surface area contributed by atoms with Crippen molar-refractivity contribution in [3.05, 3.63) is 23.8 Å². The third kappa shape index (κ3) is 4.85. The molecule has 136 valence electrons. The molecule has 1 heterocycles. The maximum absolute atomic E-state index is 10.5. The number of aliphatic hydroxyl groups is 1. The van der Waals surface area contributed by atoms with Gasteiger partial charge in [0.1, 0.15) is 19.2 Å². The Morgan fingerprint density at radius 2 is 2.08 bits per heavy atom. The highest BCUT2D eigenvalue weighted by Gasteiger charge is 2.35. The number of ether oxygens (including phenoxy) is 3. The van der Waals surface area contributed by atoms with E-state index in [1.807, 2.05) is 18.2 Å². The Morgan fingerprint density at radius 3 is 2.75 bits per heavy atom. The topological polar surface area (TPSA) is 64.5 Å². The Hall–Kier alpha value is -1.30. The summed E-state index contributed by atoms with van der Waals surface area (Å²) in [4.78, 5) is 0. The molecule has 0 bridgehead atoms. The van der Waals surface area contributed by atoms with Crippen molar-refractivity contribution in [2.24, 2.45) is 5.92 Å². The zero-order chi connectivity index (χ0) is 17.6. The summed E-state index contributed by atoms with van der Waals surface area (Å²) >= 11 is 0. The molecule has 24 heavy (non-hydrogen) atoms. The van der Waals surface area contributed by atoms with Crippen LogP contribution < -0.4 is 14.8 Å². The number of aliphatic hydroxyl groups excluding tert-OH is 1. The summed E-state index contributed by atoms with van der Waals surface area (Å²) in [6, 6.07) is 5.95. The second-order valence-electron chi connectivity index (χ2n) is 6.89. The fourth-order valence-corrected chi connectivity index (χ4v) is 3.37. The van der Waals surface area contributed by atoms with Gasteiger partial charge in [-0.25, -0.2) is 0 Å². The summed E-state index contributed by atoms with van der Waals surface area (Å²) in [6.07, 6.45) is 2.58. The first-order valence-corrected chi connectivity index (χ1v) is 8.86. The molecule has 1 aromatic rings. The molecule has 3 N–H and O–H groups in total. The maximum atomic E-state index is 10.5. The molecular formula is C19H32NO4+. The van der Waals surface area contributed by atoms with Gasteiger partial charge in [0.05, 0.1) is 19.8 Å². The van der Waals surface area contributed by atoms with E-state index >= 15 is 0 Å². The summed E-state index contributed by atoms with van der Waals surface area (Å²) in [6.45, 7) is 6.57. The van der Waals surface area contributed by atoms with Crippen molar-refractivity contribution in [1.82, 2.24) is 0 Å². The van der Waals surface area contributed by atoms with Crippen LogP contribution in [0.5, 0.6) is 11.5 Å². The summed E-state index contributed by atoms with van der Waals surface area (Å²) in [7, 11) is 3.28. The van der Waals surface area contributed by atoms with Gasteiger partial charge in [-0.15, -0.1) is 0 Å². The Kier molecular flexibility index (Phi) is 6.90. The number of quaternary nitrogens is 1. The Bertz CT molecular complexity index is 522. The van der Waals surface area contributed by atoms with Gasteiger partial charge in [0.25, 0.3) is 0 Å². The van der Waals surface area contributed by atoms with Crippen LogP contribution in [0.1, 0.15) is 38.7 Å². The van der Waals surface area contributed by atoms with Crippen molar-refractivity contribution in [3.8, 4) is 11.5 Å². The van der Waals surface area contributed by atoms with Crippen LogP contribution in [0.15, 0.2) is 18.2 Å². The lowest BCUT2D eigenvalue weighted by Gasteiger charge is -2.39. The quantitative estimate of drug-likeness (QED) is 0.758. The fourth-order valence-electron chi connectivity index (χ4n) is 3.37. The summed E-state index contributed by atoms with van der Waals surface area (Å²) in [5.41, 5.74) is 1.08. The average Bonchev–Trinajstić information content (AvgIpc) is 2.61. The predicted molar refractivity (Wildman–Crippen MR) is 93.4 cm³/mol. The number of hydrogen-bond acceptors (Lipinski definition) is 4. The first kappa shape index (κ1) is 19.0. The lowest BCUT2D eigenvalue weighted by atomic mass is 9.82. The molecule has 0 radical (unpaired) electrons. The first-order chi connectivity index (χ1) is 11.5. The summed E-state index contributed by atoms with van der Waals surface area (Å²) < 4.78 is 16.5. The van der Waals surface area contributed by atoms with Gasteiger partial charge < -0.3 is 24.6 Å². The molecule has 3 atom stereocenters. The molecule has 0 unspecified atom stereocenters. The second kappa shape index (κ2) is 8.70. The molecule has 5 nitrogen and oxygen atoms in total. The van der Waals surface area contributed by atoms with Crippen LogP contribution in [-0.4, -0.2) is 44.2 Å². The van der Waals surface area contributed by atoms with Crippen molar-refractivity contribution < 1.29 is 24.6 Å². The van der Waals surface area contributed by atoms with E-state index in [0.29, 0.717) is 12.5 Å². The van der Waals surface area contributed by atoms with Crippen LogP contribution >= 0.6 is 0 Å². The molecule has 0 amide bonds. The van der Waals surface area contributed by atoms with Gasteiger partial charge in [-0.2, -0.15) is 0 Å². The second-order valence-corrected chi connectivity index (χ2v) is 6.89. The molecule has 1 aromatic carbocycles. The lowest BCUT2D eigenvalue weighted by Crippen LogP contribution is -2.85. The highest BCUT2D eigenvalue weighted by atomic mass is 16.5. The largest absolute Gasteiger partial charge is 0.493 e. The van der Waals surface area contributed by atoms with Gasteiger partial charge >= 0.3 is 0 Å². The third-order valence-electron chi connectivity index (χ3n) is 5.16. The van der Waals surface area contributed by atoms with Gasteiger partial charge in [-0.05, 0) is 50.3 Å². The van der Waals surface area contributed by atoms with E-state index < -0.39 is 0 Å². The Balaban J connectivity index is 1.83. The van der Waals surface area contributed by atoms with E-state index in [4.69, 9.17) is 14.2 Å². The lowest BCUT2D eigenvalue weighted by molar-refractivity contribution is -0.677. The molecule has 0 saturated carbocycles. The first-order valence-electron chi connectivity index (χ1n) is 8.86. The van der Waals surface area contributed by atoms with Crippen LogP contribution in [0.4, 0.5) is 0 Å². The van der Waals surface area contributed by atoms with E-state index in [2.05, 4.69) is 19.2 Å². The number of rotatable bonds is 8. The number of benzene rings is 1. The average molecular weight is 338 g/mol. The van der Waals surface area contributed by atoms with Crippen molar-refractivity contribution in [2.75, 3.05) is 27.4 Å². The van der Waals surface area contributed by atoms with Crippen molar-refractivity contribution in [2.45, 2.75) is 51.4 Å². The van der Waals surface area contributed by atoms with E-state index in [1.54, 1.807) is 14.2 Å². The molecule has 0 aromatic heterocycles. The zero-order valence-electron chi connectivity index (χ0n) is 15.4. The van der Waals surface area contributed by atoms with Crippen LogP contribution in [0.2, 0.25) is 0 Å². The van der Waals surface area contributed by atoms with E-state index in [1.165, 1.54) is 0 Å². The van der Waals surface area contributed by atoms with Gasteiger partial charge in [-0.1, -0.05) is 6.92 Å². The Labute approximate surface area is 145 Å². The van der Waals surface area contributed by atoms with Gasteiger partial charge in [-0.3, -0.25) is 0 Å². The Morgan fingerprint density at radius 1 is 1.33 bits per heavy atom. The zero-order valence-corrected chi connectivity index (χ0v) is 15.4. The summed E-state index contributed by atoms with van der Waals surface area (Å²) in [5.74, 6) is 1.81. The van der Waals surface area contributed by atoms with Crippen LogP contribution in [0.25, 0.3) is 0 Å². The minimum absolute atomic E-state index is 0.0761. The summed E-state index contributed by atoms with van der Waals surface area (Å²) in [5, 5.41) is 12.7. The molecule has 1 aliphatic rings. The van der Waals surface area contributed by atoms with Gasteiger partial charge in [0, 0.05) is 12.2 Å².